The minimum atomic E-state index is -0.183. The van der Waals surface area contributed by atoms with Gasteiger partial charge in [-0.05, 0) is 36.8 Å². The van der Waals surface area contributed by atoms with Crippen LogP contribution in [0.4, 0.5) is 11.4 Å². The predicted octanol–water partition coefficient (Wildman–Crippen LogP) is 2.99. The lowest BCUT2D eigenvalue weighted by molar-refractivity contribution is -0.122. The van der Waals surface area contributed by atoms with Gasteiger partial charge in [0.25, 0.3) is 0 Å². The molecule has 1 atom stereocenters. The van der Waals surface area contributed by atoms with Gasteiger partial charge in [-0.2, -0.15) is 0 Å². The summed E-state index contributed by atoms with van der Waals surface area (Å²) in [6.07, 6.45) is -0.117. The summed E-state index contributed by atoms with van der Waals surface area (Å²) in [6.45, 7) is 1.94. The van der Waals surface area contributed by atoms with Crippen LogP contribution in [0.3, 0.4) is 0 Å². The Bertz CT molecular complexity index is 552. The molecule has 0 saturated carbocycles. The Hall–Kier alpha value is -2.33. The second-order valence-corrected chi connectivity index (χ2v) is 4.53. The summed E-state index contributed by atoms with van der Waals surface area (Å²) in [6, 6.07) is 16.8. The van der Waals surface area contributed by atoms with Crippen molar-refractivity contribution in [2.45, 2.75) is 13.0 Å². The first-order valence-corrected chi connectivity index (χ1v) is 6.47. The average molecular weight is 270 g/mol. The van der Waals surface area contributed by atoms with Gasteiger partial charge in [-0.15, -0.1) is 0 Å². The molecule has 104 valence electrons. The highest BCUT2D eigenvalue weighted by molar-refractivity contribution is 5.91. The molecule has 2 aromatic rings. The molecule has 1 amide bonds. The van der Waals surface area contributed by atoms with Crippen LogP contribution in [0.2, 0.25) is 0 Å². The third-order valence-corrected chi connectivity index (χ3v) is 2.93. The number of benzene rings is 2. The monoisotopic (exact) mass is 270 g/mol. The SMILES string of the molecule is CC(OCC(=O)Nc1ccc(N)cc1)c1ccccc1. The molecule has 0 aliphatic heterocycles. The quantitative estimate of drug-likeness (QED) is 0.821. The number of amides is 1. The highest BCUT2D eigenvalue weighted by Gasteiger charge is 2.08. The van der Waals surface area contributed by atoms with E-state index in [-0.39, 0.29) is 18.6 Å². The largest absolute Gasteiger partial charge is 0.399 e. The van der Waals surface area contributed by atoms with Crippen LogP contribution < -0.4 is 11.1 Å². The van der Waals surface area contributed by atoms with Crippen molar-refractivity contribution < 1.29 is 9.53 Å². The molecule has 1 unspecified atom stereocenters. The van der Waals surface area contributed by atoms with E-state index in [2.05, 4.69) is 5.32 Å². The maximum atomic E-state index is 11.8. The summed E-state index contributed by atoms with van der Waals surface area (Å²) in [7, 11) is 0. The van der Waals surface area contributed by atoms with Gasteiger partial charge in [0.15, 0.2) is 0 Å². The van der Waals surface area contributed by atoms with E-state index in [1.807, 2.05) is 37.3 Å². The van der Waals surface area contributed by atoms with Gasteiger partial charge in [-0.1, -0.05) is 30.3 Å². The van der Waals surface area contributed by atoms with E-state index >= 15 is 0 Å². The zero-order valence-electron chi connectivity index (χ0n) is 11.4. The highest BCUT2D eigenvalue weighted by Crippen LogP contribution is 2.16. The minimum Gasteiger partial charge on any atom is -0.399 e. The third-order valence-electron chi connectivity index (χ3n) is 2.93. The maximum absolute atomic E-state index is 11.8. The number of nitrogen functional groups attached to an aromatic ring is 1. The lowest BCUT2D eigenvalue weighted by atomic mass is 10.1. The number of ether oxygens (including phenoxy) is 1. The molecule has 0 spiro atoms. The number of rotatable bonds is 5. The standard InChI is InChI=1S/C16H18N2O2/c1-12(13-5-3-2-4-6-13)20-11-16(19)18-15-9-7-14(17)8-10-15/h2-10,12H,11,17H2,1H3,(H,18,19). The molecule has 20 heavy (non-hydrogen) atoms. The average Bonchev–Trinajstić information content (AvgIpc) is 2.48. The summed E-state index contributed by atoms with van der Waals surface area (Å²) >= 11 is 0. The number of carbonyl (C=O) groups excluding carboxylic acids is 1. The number of anilines is 2. The van der Waals surface area contributed by atoms with Crippen LogP contribution in [0.25, 0.3) is 0 Å². The van der Waals surface area contributed by atoms with E-state index in [9.17, 15) is 4.79 Å². The molecule has 3 N–H and O–H groups in total. The second kappa shape index (κ2) is 6.73. The highest BCUT2D eigenvalue weighted by atomic mass is 16.5. The fraction of sp³-hybridized carbons (Fsp3) is 0.188. The van der Waals surface area contributed by atoms with Crippen LogP contribution in [0, 0.1) is 0 Å². The van der Waals surface area contributed by atoms with Crippen molar-refractivity contribution in [2.75, 3.05) is 17.7 Å². The van der Waals surface area contributed by atoms with E-state index in [0.717, 1.165) is 5.56 Å². The first-order chi connectivity index (χ1) is 9.65. The van der Waals surface area contributed by atoms with Crippen LogP contribution in [-0.2, 0) is 9.53 Å². The molecular weight excluding hydrogens is 252 g/mol. The Morgan fingerprint density at radius 1 is 1.15 bits per heavy atom. The first kappa shape index (κ1) is 14.1. The molecule has 2 aromatic carbocycles. The third kappa shape index (κ3) is 4.10. The Morgan fingerprint density at radius 2 is 1.80 bits per heavy atom. The van der Waals surface area contributed by atoms with Crippen molar-refractivity contribution in [3.63, 3.8) is 0 Å². The summed E-state index contributed by atoms with van der Waals surface area (Å²) in [5.41, 5.74) is 8.00. The fourth-order valence-electron chi connectivity index (χ4n) is 1.78. The van der Waals surface area contributed by atoms with Gasteiger partial charge in [0.1, 0.15) is 6.61 Å². The molecule has 0 bridgehead atoms. The van der Waals surface area contributed by atoms with Crippen molar-refractivity contribution in [1.82, 2.24) is 0 Å². The van der Waals surface area contributed by atoms with Gasteiger partial charge >= 0.3 is 0 Å². The van der Waals surface area contributed by atoms with Gasteiger partial charge < -0.3 is 15.8 Å². The molecule has 0 aliphatic carbocycles. The summed E-state index contributed by atoms with van der Waals surface area (Å²) in [4.78, 5) is 11.8. The van der Waals surface area contributed by atoms with E-state index in [4.69, 9.17) is 10.5 Å². The smallest absolute Gasteiger partial charge is 0.250 e. The van der Waals surface area contributed by atoms with Gasteiger partial charge in [-0.3, -0.25) is 4.79 Å². The summed E-state index contributed by atoms with van der Waals surface area (Å²) < 4.78 is 5.55. The van der Waals surface area contributed by atoms with Crippen molar-refractivity contribution in [3.8, 4) is 0 Å². The van der Waals surface area contributed by atoms with E-state index < -0.39 is 0 Å². The number of carbonyl (C=O) groups is 1. The van der Waals surface area contributed by atoms with E-state index in [1.165, 1.54) is 0 Å². The minimum absolute atomic E-state index is 0.0143. The van der Waals surface area contributed by atoms with E-state index in [0.29, 0.717) is 11.4 Å². The van der Waals surface area contributed by atoms with Crippen LogP contribution >= 0.6 is 0 Å². The maximum Gasteiger partial charge on any atom is 0.250 e. The summed E-state index contributed by atoms with van der Waals surface area (Å²) in [5, 5.41) is 2.76. The second-order valence-electron chi connectivity index (χ2n) is 4.53. The molecule has 4 nitrogen and oxygen atoms in total. The molecular formula is C16H18N2O2. The molecule has 0 fully saturated rings. The predicted molar refractivity (Wildman–Crippen MR) is 80.3 cm³/mol. The van der Waals surface area contributed by atoms with Crippen LogP contribution in [0.5, 0.6) is 0 Å². The van der Waals surface area contributed by atoms with Crippen LogP contribution in [0.15, 0.2) is 54.6 Å². The number of hydrogen-bond acceptors (Lipinski definition) is 3. The molecule has 0 aliphatic rings. The normalized spacial score (nSPS) is 11.8. The first-order valence-electron chi connectivity index (χ1n) is 6.47. The summed E-state index contributed by atoms with van der Waals surface area (Å²) in [5.74, 6) is -0.183. The van der Waals surface area contributed by atoms with Crippen molar-refractivity contribution >= 4 is 17.3 Å². The van der Waals surface area contributed by atoms with Gasteiger partial charge in [-0.25, -0.2) is 0 Å². The molecule has 0 heterocycles. The zero-order valence-corrected chi connectivity index (χ0v) is 11.4. The van der Waals surface area contributed by atoms with Crippen molar-refractivity contribution in [1.29, 1.82) is 0 Å². The number of hydrogen-bond donors (Lipinski definition) is 2. The Balaban J connectivity index is 1.82. The van der Waals surface area contributed by atoms with Crippen LogP contribution in [-0.4, -0.2) is 12.5 Å². The fourth-order valence-corrected chi connectivity index (χ4v) is 1.78. The van der Waals surface area contributed by atoms with Gasteiger partial charge in [0, 0.05) is 11.4 Å². The van der Waals surface area contributed by atoms with Gasteiger partial charge in [0.2, 0.25) is 5.91 Å². The molecule has 0 saturated heterocycles. The van der Waals surface area contributed by atoms with E-state index in [1.54, 1.807) is 24.3 Å². The topological polar surface area (TPSA) is 64.3 Å². The van der Waals surface area contributed by atoms with Crippen molar-refractivity contribution in [2.24, 2.45) is 0 Å². The Kier molecular flexibility index (Phi) is 4.74. The number of nitrogens with one attached hydrogen (secondary N) is 1. The number of nitrogens with two attached hydrogens (primary N) is 1. The lowest BCUT2D eigenvalue weighted by Gasteiger charge is -2.13. The molecule has 0 radical (unpaired) electrons. The van der Waals surface area contributed by atoms with Crippen LogP contribution in [0.1, 0.15) is 18.6 Å². The lowest BCUT2D eigenvalue weighted by Crippen LogP contribution is -2.19. The Labute approximate surface area is 118 Å². The molecule has 2 rings (SSSR count). The molecule has 4 heteroatoms. The zero-order chi connectivity index (χ0) is 14.4. The molecule has 0 aromatic heterocycles. The van der Waals surface area contributed by atoms with Crippen molar-refractivity contribution in [3.05, 3.63) is 60.2 Å². The Morgan fingerprint density at radius 3 is 2.45 bits per heavy atom. The van der Waals surface area contributed by atoms with Gasteiger partial charge in [0.05, 0.1) is 6.10 Å².